The predicted octanol–water partition coefficient (Wildman–Crippen LogP) is 3.64. The van der Waals surface area contributed by atoms with Crippen molar-refractivity contribution in [3.63, 3.8) is 0 Å². The minimum Gasteiger partial charge on any atom is -0.379 e. The van der Waals surface area contributed by atoms with E-state index in [1.807, 2.05) is 29.1 Å². The number of fused-ring (bicyclic) bond motifs is 1. The summed E-state index contributed by atoms with van der Waals surface area (Å²) in [5.74, 6) is 1.44. The van der Waals surface area contributed by atoms with Crippen molar-refractivity contribution in [2.75, 3.05) is 63.1 Å². The van der Waals surface area contributed by atoms with Crippen molar-refractivity contribution in [3.05, 3.63) is 72.6 Å². The lowest BCUT2D eigenvalue weighted by Gasteiger charge is -2.32. The van der Waals surface area contributed by atoms with Gasteiger partial charge in [-0.05, 0) is 30.5 Å². The second kappa shape index (κ2) is 11.9. The van der Waals surface area contributed by atoms with E-state index in [0.717, 1.165) is 94.5 Å². The quantitative estimate of drug-likeness (QED) is 0.352. The zero-order valence-corrected chi connectivity index (χ0v) is 21.8. The van der Waals surface area contributed by atoms with Crippen LogP contribution in [0.3, 0.4) is 0 Å². The van der Waals surface area contributed by atoms with Gasteiger partial charge in [-0.2, -0.15) is 9.97 Å². The van der Waals surface area contributed by atoms with E-state index in [1.165, 1.54) is 5.56 Å². The Morgan fingerprint density at radius 2 is 1.58 bits per heavy atom. The molecule has 9 nitrogen and oxygen atoms in total. The highest BCUT2D eigenvalue weighted by molar-refractivity contribution is 5.85. The van der Waals surface area contributed by atoms with E-state index in [9.17, 15) is 0 Å². The average Bonchev–Trinajstić information content (AvgIpc) is 3.40. The van der Waals surface area contributed by atoms with Gasteiger partial charge in [0.2, 0.25) is 5.95 Å². The number of hydrogen-bond donors (Lipinski definition) is 2. The summed E-state index contributed by atoms with van der Waals surface area (Å²) >= 11 is 0. The topological polar surface area (TPSA) is 83.4 Å². The molecule has 0 radical (unpaired) electrons. The number of ether oxygens (including phenoxy) is 1. The Morgan fingerprint density at radius 3 is 2.34 bits per heavy atom. The first-order chi connectivity index (χ1) is 18.8. The van der Waals surface area contributed by atoms with Gasteiger partial charge in [0.05, 0.1) is 13.2 Å². The molecule has 4 heterocycles. The number of morpholine rings is 1. The van der Waals surface area contributed by atoms with Crippen LogP contribution >= 0.6 is 0 Å². The Labute approximate surface area is 223 Å². The zero-order chi connectivity index (χ0) is 25.6. The number of nitrogens with one attached hydrogen (secondary N) is 2. The highest BCUT2D eigenvalue weighted by Crippen LogP contribution is 2.25. The van der Waals surface area contributed by atoms with Gasteiger partial charge in [0.1, 0.15) is 6.33 Å². The summed E-state index contributed by atoms with van der Waals surface area (Å²) in [6, 6.07) is 21.3. The van der Waals surface area contributed by atoms with Crippen LogP contribution in [-0.2, 0) is 11.3 Å². The predicted molar refractivity (Wildman–Crippen MR) is 151 cm³/mol. The Balaban J connectivity index is 1.17. The van der Waals surface area contributed by atoms with Gasteiger partial charge in [0.15, 0.2) is 17.0 Å². The number of piperidine rings is 1. The Morgan fingerprint density at radius 1 is 0.842 bits per heavy atom. The van der Waals surface area contributed by atoms with Crippen LogP contribution in [-0.4, -0.2) is 87.8 Å². The first-order valence-electron chi connectivity index (χ1n) is 13.7. The molecule has 2 aliphatic rings. The summed E-state index contributed by atoms with van der Waals surface area (Å²) in [7, 11) is 0. The van der Waals surface area contributed by atoms with Crippen LogP contribution in [0, 0.1) is 0 Å². The fraction of sp³-hybridized carbons (Fsp3) is 0.414. The van der Waals surface area contributed by atoms with E-state index < -0.39 is 0 Å². The number of anilines is 2. The molecule has 4 aromatic rings. The first-order valence-corrected chi connectivity index (χ1v) is 13.7. The van der Waals surface area contributed by atoms with Crippen molar-refractivity contribution >= 4 is 22.9 Å². The monoisotopic (exact) mass is 512 g/mol. The molecule has 9 heteroatoms. The minimum absolute atomic E-state index is 0.341. The van der Waals surface area contributed by atoms with Crippen LogP contribution in [0.25, 0.3) is 16.9 Å². The molecule has 0 saturated carbocycles. The fourth-order valence-corrected chi connectivity index (χ4v) is 5.28. The van der Waals surface area contributed by atoms with Crippen molar-refractivity contribution < 1.29 is 4.74 Å². The van der Waals surface area contributed by atoms with Gasteiger partial charge >= 0.3 is 0 Å². The van der Waals surface area contributed by atoms with Crippen LogP contribution < -0.4 is 10.6 Å². The first kappa shape index (κ1) is 24.8. The molecule has 0 atom stereocenters. The number of nitrogens with zero attached hydrogens (tertiary/aromatic N) is 6. The third-order valence-electron chi connectivity index (χ3n) is 7.42. The summed E-state index contributed by atoms with van der Waals surface area (Å²) in [6.45, 7) is 8.40. The van der Waals surface area contributed by atoms with Gasteiger partial charge < -0.3 is 15.4 Å². The number of aromatic nitrogens is 4. The molecule has 0 aliphatic carbocycles. The number of rotatable bonds is 9. The molecule has 2 aromatic carbocycles. The van der Waals surface area contributed by atoms with Gasteiger partial charge in [-0.1, -0.05) is 48.5 Å². The van der Waals surface area contributed by atoms with Crippen LogP contribution in [0.5, 0.6) is 0 Å². The highest BCUT2D eigenvalue weighted by Gasteiger charge is 2.22. The van der Waals surface area contributed by atoms with E-state index >= 15 is 0 Å². The number of imidazole rings is 1. The molecular formula is C29H36N8O. The summed E-state index contributed by atoms with van der Waals surface area (Å²) in [5.41, 5.74) is 4.01. The Bertz CT molecular complexity index is 1300. The number of benzene rings is 2. The highest BCUT2D eigenvalue weighted by atomic mass is 16.5. The van der Waals surface area contributed by atoms with E-state index in [2.05, 4.69) is 62.9 Å². The largest absolute Gasteiger partial charge is 0.379 e. The van der Waals surface area contributed by atoms with Crippen LogP contribution in [0.1, 0.15) is 18.4 Å². The van der Waals surface area contributed by atoms with Gasteiger partial charge in [-0.15, -0.1) is 0 Å². The van der Waals surface area contributed by atoms with Crippen molar-refractivity contribution in [3.8, 4) is 5.69 Å². The standard InChI is InChI=1S/C29H36N8O/c1-3-7-23(8-4-1)21-36-14-11-24(12-15-36)32-29-33-27(30-13-16-35-17-19-38-20-18-35)26-28(34-29)37(22-31-26)25-9-5-2-6-10-25/h1-10,22,24H,11-21H2,(H2,30,32,33,34). The number of hydrogen-bond acceptors (Lipinski definition) is 8. The molecule has 198 valence electrons. The van der Waals surface area contributed by atoms with Gasteiger partial charge in [-0.25, -0.2) is 4.98 Å². The van der Waals surface area contributed by atoms with Crippen LogP contribution in [0.4, 0.5) is 11.8 Å². The third-order valence-corrected chi connectivity index (χ3v) is 7.42. The lowest BCUT2D eigenvalue weighted by Crippen LogP contribution is -2.39. The second-order valence-electron chi connectivity index (χ2n) is 10.1. The summed E-state index contributed by atoms with van der Waals surface area (Å²) in [4.78, 5) is 19.5. The fourth-order valence-electron chi connectivity index (χ4n) is 5.28. The van der Waals surface area contributed by atoms with E-state index in [-0.39, 0.29) is 0 Å². The third kappa shape index (κ3) is 5.96. The molecule has 6 rings (SSSR count). The minimum atomic E-state index is 0.341. The lowest BCUT2D eigenvalue weighted by molar-refractivity contribution is 0.0398. The molecular weight excluding hydrogens is 476 g/mol. The van der Waals surface area contributed by atoms with Crippen molar-refractivity contribution in [1.82, 2.24) is 29.3 Å². The molecule has 2 aliphatic heterocycles. The SMILES string of the molecule is c1ccc(CN2CCC(Nc3nc(NCCN4CCOCC4)c4ncn(-c5ccccc5)c4n3)CC2)cc1. The summed E-state index contributed by atoms with van der Waals surface area (Å²) in [5, 5.41) is 7.20. The van der Waals surface area contributed by atoms with Crippen LogP contribution in [0.15, 0.2) is 67.0 Å². The molecule has 0 spiro atoms. The molecule has 0 unspecified atom stereocenters. The maximum Gasteiger partial charge on any atom is 0.227 e. The van der Waals surface area contributed by atoms with Crippen molar-refractivity contribution in [1.29, 1.82) is 0 Å². The maximum atomic E-state index is 5.48. The van der Waals surface area contributed by atoms with Gasteiger partial charge in [0.25, 0.3) is 0 Å². The molecule has 0 bridgehead atoms. The molecule has 38 heavy (non-hydrogen) atoms. The molecule has 2 saturated heterocycles. The average molecular weight is 513 g/mol. The summed E-state index contributed by atoms with van der Waals surface area (Å²) in [6.07, 6.45) is 3.96. The van der Waals surface area contributed by atoms with E-state index in [0.29, 0.717) is 12.0 Å². The van der Waals surface area contributed by atoms with Crippen molar-refractivity contribution in [2.45, 2.75) is 25.4 Å². The Hall–Kier alpha value is -3.53. The second-order valence-corrected chi connectivity index (χ2v) is 10.1. The normalized spacial score (nSPS) is 17.6. The van der Waals surface area contributed by atoms with E-state index in [4.69, 9.17) is 19.7 Å². The number of para-hydroxylation sites is 1. The lowest BCUT2D eigenvalue weighted by atomic mass is 10.0. The molecule has 2 aromatic heterocycles. The van der Waals surface area contributed by atoms with Crippen molar-refractivity contribution in [2.24, 2.45) is 0 Å². The van der Waals surface area contributed by atoms with Gasteiger partial charge in [-0.3, -0.25) is 14.4 Å². The molecule has 0 amide bonds. The molecule has 2 N–H and O–H groups in total. The number of likely N-dealkylation sites (tertiary alicyclic amines) is 1. The summed E-state index contributed by atoms with van der Waals surface area (Å²) < 4.78 is 7.52. The zero-order valence-electron chi connectivity index (χ0n) is 21.8. The smallest absolute Gasteiger partial charge is 0.227 e. The van der Waals surface area contributed by atoms with Crippen LogP contribution in [0.2, 0.25) is 0 Å². The Kier molecular flexibility index (Phi) is 7.76. The van der Waals surface area contributed by atoms with Gasteiger partial charge in [0, 0.05) is 57.5 Å². The molecule has 2 fully saturated rings. The van der Waals surface area contributed by atoms with E-state index in [1.54, 1.807) is 0 Å². The maximum absolute atomic E-state index is 5.48.